The summed E-state index contributed by atoms with van der Waals surface area (Å²) < 4.78 is 5.58. The van der Waals surface area contributed by atoms with Gasteiger partial charge in [0, 0.05) is 12.2 Å². The number of pyridine rings is 1. The zero-order chi connectivity index (χ0) is 9.80. The highest BCUT2D eigenvalue weighted by atomic mass is 35.5. The molecule has 1 aliphatic heterocycles. The first-order chi connectivity index (χ1) is 6.88. The second-order valence-electron chi connectivity index (χ2n) is 3.41. The van der Waals surface area contributed by atoms with Crippen LogP contribution in [0.15, 0.2) is 25.0 Å². The molecule has 1 fully saturated rings. The van der Waals surface area contributed by atoms with Crippen LogP contribution in [-0.4, -0.2) is 24.2 Å². The van der Waals surface area contributed by atoms with Crippen molar-refractivity contribution in [1.82, 2.24) is 10.3 Å². The van der Waals surface area contributed by atoms with Gasteiger partial charge in [0.25, 0.3) is 0 Å². The first-order valence-corrected chi connectivity index (χ1v) is 4.82. The number of aromatic nitrogens is 1. The van der Waals surface area contributed by atoms with Gasteiger partial charge >= 0.3 is 0 Å². The molecule has 0 radical (unpaired) electrons. The van der Waals surface area contributed by atoms with E-state index in [0.29, 0.717) is 6.04 Å². The van der Waals surface area contributed by atoms with E-state index in [1.165, 1.54) is 6.42 Å². The molecular formula is C11H16Cl2N2O. The van der Waals surface area contributed by atoms with Crippen LogP contribution in [0.3, 0.4) is 0 Å². The van der Waals surface area contributed by atoms with E-state index in [-0.39, 0.29) is 24.8 Å². The zero-order valence-corrected chi connectivity index (χ0v) is 10.5. The summed E-state index contributed by atoms with van der Waals surface area (Å²) in [4.78, 5) is 4.06. The number of hydrogen-bond donors (Lipinski definition) is 1. The molecule has 0 aliphatic carbocycles. The van der Waals surface area contributed by atoms with E-state index in [9.17, 15) is 0 Å². The van der Waals surface area contributed by atoms with E-state index >= 15 is 0 Å². The van der Waals surface area contributed by atoms with Gasteiger partial charge in [0.15, 0.2) is 0 Å². The van der Waals surface area contributed by atoms with Crippen molar-refractivity contribution >= 4 is 30.9 Å². The van der Waals surface area contributed by atoms with Crippen LogP contribution in [0.4, 0.5) is 0 Å². The smallest absolute Gasteiger partial charge is 0.138 e. The lowest BCUT2D eigenvalue weighted by molar-refractivity contribution is 0.217. The molecule has 3 nitrogen and oxygen atoms in total. The van der Waals surface area contributed by atoms with Gasteiger partial charge in [0.05, 0.1) is 6.20 Å². The van der Waals surface area contributed by atoms with Crippen LogP contribution >= 0.6 is 24.8 Å². The van der Waals surface area contributed by atoms with Gasteiger partial charge in [0.1, 0.15) is 12.4 Å². The number of nitrogens with zero attached hydrogens (tertiary/aromatic N) is 1. The predicted octanol–water partition coefficient (Wildman–Crippen LogP) is 2.31. The van der Waals surface area contributed by atoms with E-state index in [0.717, 1.165) is 24.5 Å². The fourth-order valence-electron chi connectivity index (χ4n) is 1.31. The Hall–Kier alpha value is -0.770. The minimum atomic E-state index is 0. The van der Waals surface area contributed by atoms with E-state index in [2.05, 4.69) is 16.9 Å². The number of ether oxygens (including phenoxy) is 1. The molecular weight excluding hydrogens is 247 g/mol. The van der Waals surface area contributed by atoms with Gasteiger partial charge in [-0.15, -0.1) is 24.8 Å². The first kappa shape index (κ1) is 15.2. The molecule has 1 N–H and O–H groups in total. The average Bonchev–Trinajstić information content (AvgIpc) is 2.16. The molecule has 0 unspecified atom stereocenters. The SMILES string of the molecule is C=Cc1cncc(OC[C@@H]2CCN2)c1.Cl.Cl. The van der Waals surface area contributed by atoms with Crippen molar-refractivity contribution in [2.45, 2.75) is 12.5 Å². The summed E-state index contributed by atoms with van der Waals surface area (Å²) in [6.07, 6.45) is 6.46. The monoisotopic (exact) mass is 262 g/mol. The highest BCUT2D eigenvalue weighted by Crippen LogP contribution is 2.13. The maximum absolute atomic E-state index is 5.58. The van der Waals surface area contributed by atoms with E-state index in [1.54, 1.807) is 18.5 Å². The summed E-state index contributed by atoms with van der Waals surface area (Å²) in [7, 11) is 0. The maximum Gasteiger partial charge on any atom is 0.138 e. The van der Waals surface area contributed by atoms with Crippen molar-refractivity contribution in [3.05, 3.63) is 30.6 Å². The predicted molar refractivity (Wildman–Crippen MR) is 70.7 cm³/mol. The van der Waals surface area contributed by atoms with Gasteiger partial charge in [0.2, 0.25) is 0 Å². The second-order valence-corrected chi connectivity index (χ2v) is 3.41. The van der Waals surface area contributed by atoms with Crippen LogP contribution in [0.5, 0.6) is 5.75 Å². The Bertz CT molecular complexity index is 330. The molecule has 0 saturated carbocycles. The van der Waals surface area contributed by atoms with Crippen molar-refractivity contribution in [2.24, 2.45) is 0 Å². The standard InChI is InChI=1S/C11H14N2O.2ClH/c1-2-9-5-11(7-12-6-9)14-8-10-3-4-13-10;;/h2,5-7,10,13H,1,3-4,8H2;2*1H/t10-;;/m0../s1. The van der Waals surface area contributed by atoms with Crippen LogP contribution in [0, 0.1) is 0 Å². The zero-order valence-electron chi connectivity index (χ0n) is 8.89. The normalized spacial score (nSPS) is 17.4. The Balaban J connectivity index is 0.00000112. The number of hydrogen-bond acceptors (Lipinski definition) is 3. The Morgan fingerprint density at radius 3 is 2.81 bits per heavy atom. The fraction of sp³-hybridized carbons (Fsp3) is 0.364. The van der Waals surface area contributed by atoms with Crippen LogP contribution in [0.25, 0.3) is 6.08 Å². The number of nitrogens with one attached hydrogen (secondary N) is 1. The molecule has 16 heavy (non-hydrogen) atoms. The van der Waals surface area contributed by atoms with Gasteiger partial charge < -0.3 is 10.1 Å². The van der Waals surface area contributed by atoms with Crippen LogP contribution in [0.1, 0.15) is 12.0 Å². The van der Waals surface area contributed by atoms with Crippen LogP contribution < -0.4 is 10.1 Å². The largest absolute Gasteiger partial charge is 0.490 e. The topological polar surface area (TPSA) is 34.1 Å². The fourth-order valence-corrected chi connectivity index (χ4v) is 1.31. The molecule has 1 aromatic rings. The average molecular weight is 263 g/mol. The van der Waals surface area contributed by atoms with Crippen molar-refractivity contribution < 1.29 is 4.74 Å². The molecule has 0 amide bonds. The van der Waals surface area contributed by atoms with Gasteiger partial charge in [-0.05, 0) is 24.6 Å². The van der Waals surface area contributed by atoms with Gasteiger partial charge in [-0.25, -0.2) is 0 Å². The summed E-state index contributed by atoms with van der Waals surface area (Å²) in [5, 5.41) is 3.28. The van der Waals surface area contributed by atoms with Gasteiger partial charge in [-0.2, -0.15) is 0 Å². The third kappa shape index (κ3) is 4.00. The molecule has 90 valence electrons. The third-order valence-corrected chi connectivity index (χ3v) is 2.35. The molecule has 2 rings (SSSR count). The lowest BCUT2D eigenvalue weighted by atomic mass is 10.1. The molecule has 1 atom stereocenters. The maximum atomic E-state index is 5.58. The number of rotatable bonds is 4. The van der Waals surface area contributed by atoms with E-state index < -0.39 is 0 Å². The summed E-state index contributed by atoms with van der Waals surface area (Å²) in [6.45, 7) is 5.52. The summed E-state index contributed by atoms with van der Waals surface area (Å²) in [5.74, 6) is 0.816. The Kier molecular flexibility index (Phi) is 7.13. The second kappa shape index (κ2) is 7.49. The van der Waals surface area contributed by atoms with Gasteiger partial charge in [-0.3, -0.25) is 4.98 Å². The van der Waals surface area contributed by atoms with E-state index in [1.807, 2.05) is 6.07 Å². The van der Waals surface area contributed by atoms with Crippen molar-refractivity contribution in [3.8, 4) is 5.75 Å². The molecule has 0 spiro atoms. The van der Waals surface area contributed by atoms with Crippen molar-refractivity contribution in [3.63, 3.8) is 0 Å². The first-order valence-electron chi connectivity index (χ1n) is 4.82. The lowest BCUT2D eigenvalue weighted by Crippen LogP contribution is -2.46. The van der Waals surface area contributed by atoms with Crippen LogP contribution in [-0.2, 0) is 0 Å². The summed E-state index contributed by atoms with van der Waals surface area (Å²) >= 11 is 0. The number of halogens is 2. The molecule has 1 aromatic heterocycles. The molecule has 5 heteroatoms. The highest BCUT2D eigenvalue weighted by Gasteiger charge is 2.16. The van der Waals surface area contributed by atoms with Gasteiger partial charge in [-0.1, -0.05) is 12.7 Å². The minimum Gasteiger partial charge on any atom is -0.490 e. The Morgan fingerprint density at radius 2 is 2.25 bits per heavy atom. The summed E-state index contributed by atoms with van der Waals surface area (Å²) in [6, 6.07) is 2.46. The molecule has 1 aliphatic rings. The molecule has 0 bridgehead atoms. The molecule has 2 heterocycles. The Labute approximate surface area is 108 Å². The van der Waals surface area contributed by atoms with E-state index in [4.69, 9.17) is 4.74 Å². The third-order valence-electron chi connectivity index (χ3n) is 2.35. The lowest BCUT2D eigenvalue weighted by Gasteiger charge is -2.27. The molecule has 1 saturated heterocycles. The van der Waals surface area contributed by atoms with Crippen LogP contribution in [0.2, 0.25) is 0 Å². The minimum absolute atomic E-state index is 0. The quantitative estimate of drug-likeness (QED) is 0.905. The van der Waals surface area contributed by atoms with Crippen molar-refractivity contribution in [2.75, 3.05) is 13.2 Å². The molecule has 0 aromatic carbocycles. The highest BCUT2D eigenvalue weighted by molar-refractivity contribution is 5.85. The summed E-state index contributed by atoms with van der Waals surface area (Å²) in [5.41, 5.74) is 0.990. The Morgan fingerprint density at radius 1 is 1.50 bits per heavy atom. The van der Waals surface area contributed by atoms with Crippen molar-refractivity contribution in [1.29, 1.82) is 0 Å².